The van der Waals surface area contributed by atoms with Crippen LogP contribution in [0.15, 0.2) is 18.2 Å². The van der Waals surface area contributed by atoms with Gasteiger partial charge in [-0.1, -0.05) is 0 Å². The lowest BCUT2D eigenvalue weighted by Crippen LogP contribution is -2.32. The Kier molecular flexibility index (Phi) is 5.92. The van der Waals surface area contributed by atoms with Crippen molar-refractivity contribution in [3.63, 3.8) is 0 Å². The van der Waals surface area contributed by atoms with E-state index in [4.69, 9.17) is 9.84 Å². The van der Waals surface area contributed by atoms with Crippen LogP contribution in [0.5, 0.6) is 5.75 Å². The lowest BCUT2D eigenvalue weighted by Gasteiger charge is -2.20. The number of methoxy groups -OCH3 is 1. The van der Waals surface area contributed by atoms with Gasteiger partial charge in [0.2, 0.25) is 0 Å². The number of nitro groups is 1. The Bertz CT molecular complexity index is 490. The zero-order valence-electron chi connectivity index (χ0n) is 11.5. The van der Waals surface area contributed by atoms with Crippen LogP contribution in [-0.2, 0) is 0 Å². The standard InChI is InChI=1S/C13H18N2O5/c1-3-14(7-4-8-16)13(17)10-5-6-11(15(18)19)12(9-10)20-2/h5-6,9,16H,3-4,7-8H2,1-2H3. The van der Waals surface area contributed by atoms with E-state index in [1.165, 1.54) is 25.3 Å². The highest BCUT2D eigenvalue weighted by Gasteiger charge is 2.20. The Morgan fingerprint density at radius 1 is 1.50 bits per heavy atom. The van der Waals surface area contributed by atoms with Crippen molar-refractivity contribution in [2.45, 2.75) is 13.3 Å². The molecule has 0 bridgehead atoms. The number of hydrogen-bond donors (Lipinski definition) is 1. The summed E-state index contributed by atoms with van der Waals surface area (Å²) in [5, 5.41) is 19.6. The van der Waals surface area contributed by atoms with Crippen molar-refractivity contribution in [3.8, 4) is 5.75 Å². The number of carbonyl (C=O) groups is 1. The normalized spacial score (nSPS) is 10.2. The van der Waals surface area contributed by atoms with Crippen LogP contribution in [-0.4, -0.2) is 47.6 Å². The van der Waals surface area contributed by atoms with Crippen molar-refractivity contribution >= 4 is 11.6 Å². The van der Waals surface area contributed by atoms with Crippen LogP contribution in [0.25, 0.3) is 0 Å². The molecule has 0 fully saturated rings. The third-order valence-electron chi connectivity index (χ3n) is 2.88. The smallest absolute Gasteiger partial charge is 0.310 e. The molecule has 0 atom stereocenters. The highest BCUT2D eigenvalue weighted by molar-refractivity contribution is 5.95. The quantitative estimate of drug-likeness (QED) is 0.603. The molecule has 0 unspecified atom stereocenters. The van der Waals surface area contributed by atoms with Crippen molar-refractivity contribution < 1.29 is 19.6 Å². The molecule has 1 aromatic carbocycles. The van der Waals surface area contributed by atoms with E-state index in [9.17, 15) is 14.9 Å². The van der Waals surface area contributed by atoms with Gasteiger partial charge in [-0.2, -0.15) is 0 Å². The molecule has 1 N–H and O–H groups in total. The number of hydrogen-bond acceptors (Lipinski definition) is 5. The zero-order chi connectivity index (χ0) is 15.1. The Hall–Kier alpha value is -2.15. The van der Waals surface area contributed by atoms with E-state index in [-0.39, 0.29) is 24.0 Å². The van der Waals surface area contributed by atoms with Crippen molar-refractivity contribution in [1.82, 2.24) is 4.90 Å². The van der Waals surface area contributed by atoms with Gasteiger partial charge < -0.3 is 14.7 Å². The molecule has 20 heavy (non-hydrogen) atoms. The van der Waals surface area contributed by atoms with Gasteiger partial charge in [-0.25, -0.2) is 0 Å². The number of amides is 1. The minimum absolute atomic E-state index is 0.00730. The second-order valence-corrected chi connectivity index (χ2v) is 4.11. The van der Waals surface area contributed by atoms with Crippen LogP contribution in [0.1, 0.15) is 23.7 Å². The van der Waals surface area contributed by atoms with Gasteiger partial charge in [-0.05, 0) is 19.4 Å². The number of nitro benzene ring substituents is 1. The summed E-state index contributed by atoms with van der Waals surface area (Å²) in [7, 11) is 1.32. The Morgan fingerprint density at radius 2 is 2.20 bits per heavy atom. The fourth-order valence-electron chi connectivity index (χ4n) is 1.81. The maximum absolute atomic E-state index is 12.2. The molecule has 0 heterocycles. The molecule has 0 radical (unpaired) electrons. The van der Waals surface area contributed by atoms with E-state index in [0.29, 0.717) is 25.1 Å². The molecular formula is C13H18N2O5. The maximum Gasteiger partial charge on any atom is 0.310 e. The summed E-state index contributed by atoms with van der Waals surface area (Å²) in [6.45, 7) is 2.77. The van der Waals surface area contributed by atoms with Gasteiger partial charge in [0.25, 0.3) is 5.91 Å². The maximum atomic E-state index is 12.2. The van der Waals surface area contributed by atoms with Crippen LogP contribution in [0.4, 0.5) is 5.69 Å². The predicted molar refractivity (Wildman–Crippen MR) is 72.9 cm³/mol. The van der Waals surface area contributed by atoms with Crippen LogP contribution >= 0.6 is 0 Å². The van der Waals surface area contributed by atoms with Crippen molar-refractivity contribution in [3.05, 3.63) is 33.9 Å². The molecule has 1 aromatic rings. The fourth-order valence-corrected chi connectivity index (χ4v) is 1.81. The van der Waals surface area contributed by atoms with E-state index in [1.807, 2.05) is 6.92 Å². The SMILES string of the molecule is CCN(CCCO)C(=O)c1ccc([N+](=O)[O-])c(OC)c1. The number of ether oxygens (including phenoxy) is 1. The van der Waals surface area contributed by atoms with Gasteiger partial charge in [-0.3, -0.25) is 14.9 Å². The minimum Gasteiger partial charge on any atom is -0.490 e. The molecule has 0 aliphatic heterocycles. The van der Waals surface area contributed by atoms with Crippen LogP contribution in [0, 0.1) is 10.1 Å². The minimum atomic E-state index is -0.559. The first-order valence-corrected chi connectivity index (χ1v) is 6.27. The number of benzene rings is 1. The van der Waals surface area contributed by atoms with Crippen LogP contribution in [0.2, 0.25) is 0 Å². The third kappa shape index (κ3) is 3.67. The molecule has 0 saturated carbocycles. The molecule has 110 valence electrons. The Labute approximate surface area is 116 Å². The zero-order valence-corrected chi connectivity index (χ0v) is 11.5. The summed E-state index contributed by atoms with van der Waals surface area (Å²) in [5.41, 5.74) is 0.148. The van der Waals surface area contributed by atoms with Crippen molar-refractivity contribution in [1.29, 1.82) is 0 Å². The first-order valence-electron chi connectivity index (χ1n) is 6.27. The van der Waals surface area contributed by atoms with E-state index >= 15 is 0 Å². The van der Waals surface area contributed by atoms with E-state index in [1.54, 1.807) is 4.90 Å². The number of aliphatic hydroxyl groups is 1. The molecule has 0 aliphatic rings. The first-order chi connectivity index (χ1) is 9.54. The van der Waals surface area contributed by atoms with E-state index < -0.39 is 4.92 Å². The van der Waals surface area contributed by atoms with Gasteiger partial charge in [0.05, 0.1) is 12.0 Å². The molecule has 1 amide bonds. The predicted octanol–water partition coefficient (Wildman–Crippen LogP) is 1.45. The summed E-state index contributed by atoms with van der Waals surface area (Å²) in [5.74, 6) is -0.187. The van der Waals surface area contributed by atoms with Gasteiger partial charge in [0.15, 0.2) is 5.75 Å². The van der Waals surface area contributed by atoms with Gasteiger partial charge in [0.1, 0.15) is 0 Å². The van der Waals surface area contributed by atoms with Crippen molar-refractivity contribution in [2.24, 2.45) is 0 Å². The van der Waals surface area contributed by atoms with Gasteiger partial charge in [0, 0.05) is 37.4 Å². The summed E-state index contributed by atoms with van der Waals surface area (Å²) >= 11 is 0. The molecule has 0 aliphatic carbocycles. The highest BCUT2D eigenvalue weighted by atomic mass is 16.6. The lowest BCUT2D eigenvalue weighted by atomic mass is 10.1. The molecule has 0 spiro atoms. The second kappa shape index (κ2) is 7.44. The Balaban J connectivity index is 3.01. The average molecular weight is 282 g/mol. The first kappa shape index (κ1) is 15.9. The summed E-state index contributed by atoms with van der Waals surface area (Å²) in [4.78, 5) is 24.1. The summed E-state index contributed by atoms with van der Waals surface area (Å²) < 4.78 is 4.94. The summed E-state index contributed by atoms with van der Waals surface area (Å²) in [6, 6.07) is 4.03. The molecule has 0 aromatic heterocycles. The average Bonchev–Trinajstić information content (AvgIpc) is 2.46. The fraction of sp³-hybridized carbons (Fsp3) is 0.462. The Morgan fingerprint density at radius 3 is 2.70 bits per heavy atom. The van der Waals surface area contributed by atoms with E-state index in [0.717, 1.165) is 0 Å². The lowest BCUT2D eigenvalue weighted by molar-refractivity contribution is -0.385. The largest absolute Gasteiger partial charge is 0.490 e. The van der Waals surface area contributed by atoms with Crippen molar-refractivity contribution in [2.75, 3.05) is 26.8 Å². The second-order valence-electron chi connectivity index (χ2n) is 4.11. The molecule has 7 heteroatoms. The number of carbonyl (C=O) groups excluding carboxylic acids is 1. The summed E-state index contributed by atoms with van der Waals surface area (Å²) in [6.07, 6.45) is 0.490. The highest BCUT2D eigenvalue weighted by Crippen LogP contribution is 2.28. The monoisotopic (exact) mass is 282 g/mol. The third-order valence-corrected chi connectivity index (χ3v) is 2.88. The molecule has 0 saturated heterocycles. The van der Waals surface area contributed by atoms with E-state index in [2.05, 4.69) is 0 Å². The van der Waals surface area contributed by atoms with Gasteiger partial charge in [-0.15, -0.1) is 0 Å². The number of aliphatic hydroxyl groups excluding tert-OH is 1. The number of rotatable bonds is 7. The topological polar surface area (TPSA) is 92.9 Å². The van der Waals surface area contributed by atoms with Crippen LogP contribution < -0.4 is 4.74 Å². The molecule has 1 rings (SSSR count). The number of nitrogens with zero attached hydrogens (tertiary/aromatic N) is 2. The molecule has 7 nitrogen and oxygen atoms in total. The molecular weight excluding hydrogens is 264 g/mol. The van der Waals surface area contributed by atoms with Gasteiger partial charge >= 0.3 is 5.69 Å². The van der Waals surface area contributed by atoms with Crippen LogP contribution in [0.3, 0.4) is 0 Å².